The number of hydrogen-bond acceptors (Lipinski definition) is 6. The normalized spacial score (nSPS) is 14.0. The second kappa shape index (κ2) is 6.95. The molecule has 7 heteroatoms. The van der Waals surface area contributed by atoms with Crippen LogP contribution in [0.15, 0.2) is 16.7 Å². The summed E-state index contributed by atoms with van der Waals surface area (Å²) in [5, 5.41) is 6.16. The monoisotopic (exact) mass is 334 g/mol. The fourth-order valence-corrected chi connectivity index (χ4v) is 3.72. The van der Waals surface area contributed by atoms with E-state index >= 15 is 0 Å². The summed E-state index contributed by atoms with van der Waals surface area (Å²) < 4.78 is 9.93. The van der Waals surface area contributed by atoms with Crippen molar-refractivity contribution in [1.29, 1.82) is 0 Å². The number of esters is 1. The molecule has 0 radical (unpaired) electrons. The molecule has 2 aromatic rings. The summed E-state index contributed by atoms with van der Waals surface area (Å²) in [6.07, 6.45) is 5.62. The maximum absolute atomic E-state index is 12.1. The molecular formula is C16H18N2O4S. The van der Waals surface area contributed by atoms with E-state index < -0.39 is 11.9 Å². The summed E-state index contributed by atoms with van der Waals surface area (Å²) in [4.78, 5) is 25.7. The smallest absolute Gasteiger partial charge is 0.348 e. The first-order valence-corrected chi connectivity index (χ1v) is 8.45. The topological polar surface area (TPSA) is 81.4 Å². The number of rotatable bonds is 4. The van der Waals surface area contributed by atoms with Crippen LogP contribution >= 0.6 is 11.3 Å². The summed E-state index contributed by atoms with van der Waals surface area (Å²) in [7, 11) is 0. The number of nitrogens with zero attached hydrogens (tertiary/aromatic N) is 1. The minimum Gasteiger partial charge on any atom is -0.451 e. The van der Waals surface area contributed by atoms with Gasteiger partial charge in [0.15, 0.2) is 12.4 Å². The summed E-state index contributed by atoms with van der Waals surface area (Å²) in [5.74, 6) is 0.0168. The molecule has 6 nitrogen and oxygen atoms in total. The van der Waals surface area contributed by atoms with E-state index in [2.05, 4.69) is 10.5 Å². The van der Waals surface area contributed by atoms with Gasteiger partial charge in [0.1, 0.15) is 10.6 Å². The number of amides is 1. The standard InChI is InChI=1S/C16H18N2O4S/c1-10-7-14(18-22-10)17-15(19)9-21-16(20)13-8-11-5-3-2-4-6-12(11)23-13/h7-8H,2-6,9H2,1H3,(H,17,18,19). The van der Waals surface area contributed by atoms with Crippen molar-refractivity contribution >= 4 is 29.0 Å². The van der Waals surface area contributed by atoms with Gasteiger partial charge < -0.3 is 14.6 Å². The number of hydrogen-bond donors (Lipinski definition) is 1. The number of ether oxygens (including phenoxy) is 1. The lowest BCUT2D eigenvalue weighted by molar-refractivity contribution is -0.119. The average Bonchev–Trinajstić information content (AvgIpc) is 3.05. The Morgan fingerprint density at radius 1 is 1.30 bits per heavy atom. The van der Waals surface area contributed by atoms with Gasteiger partial charge in [-0.1, -0.05) is 11.6 Å². The molecule has 0 saturated heterocycles. The highest BCUT2D eigenvalue weighted by Crippen LogP contribution is 2.29. The highest BCUT2D eigenvalue weighted by atomic mass is 32.1. The van der Waals surface area contributed by atoms with Crippen molar-refractivity contribution in [3.8, 4) is 0 Å². The van der Waals surface area contributed by atoms with E-state index in [9.17, 15) is 9.59 Å². The second-order valence-corrected chi connectivity index (χ2v) is 6.70. The highest BCUT2D eigenvalue weighted by Gasteiger charge is 2.18. The van der Waals surface area contributed by atoms with Crippen LogP contribution in [0.5, 0.6) is 0 Å². The maximum Gasteiger partial charge on any atom is 0.348 e. The first kappa shape index (κ1) is 15.7. The van der Waals surface area contributed by atoms with Gasteiger partial charge in [0, 0.05) is 10.9 Å². The predicted molar refractivity (Wildman–Crippen MR) is 85.7 cm³/mol. The van der Waals surface area contributed by atoms with Crippen LogP contribution in [-0.4, -0.2) is 23.6 Å². The van der Waals surface area contributed by atoms with E-state index in [4.69, 9.17) is 9.26 Å². The molecule has 0 unspecified atom stereocenters. The second-order valence-electron chi connectivity index (χ2n) is 5.57. The number of fused-ring (bicyclic) bond motifs is 1. The Morgan fingerprint density at radius 3 is 2.91 bits per heavy atom. The van der Waals surface area contributed by atoms with E-state index in [1.165, 1.54) is 34.6 Å². The molecule has 1 N–H and O–H groups in total. The molecule has 0 aliphatic heterocycles. The molecule has 2 aromatic heterocycles. The number of carbonyl (C=O) groups is 2. The zero-order valence-electron chi connectivity index (χ0n) is 12.9. The molecule has 122 valence electrons. The quantitative estimate of drug-likeness (QED) is 0.686. The predicted octanol–water partition coefficient (Wildman–Crippen LogP) is 3.11. The molecule has 0 spiro atoms. The Hall–Kier alpha value is -2.15. The Balaban J connectivity index is 1.54. The van der Waals surface area contributed by atoms with Crippen LogP contribution in [0.3, 0.4) is 0 Å². The molecule has 0 bridgehead atoms. The van der Waals surface area contributed by atoms with Gasteiger partial charge in [0.05, 0.1) is 0 Å². The zero-order valence-corrected chi connectivity index (χ0v) is 13.7. The van der Waals surface area contributed by atoms with Crippen molar-refractivity contribution in [3.05, 3.63) is 33.2 Å². The number of aromatic nitrogens is 1. The lowest BCUT2D eigenvalue weighted by atomic mass is 10.1. The molecule has 1 aliphatic carbocycles. The van der Waals surface area contributed by atoms with Crippen molar-refractivity contribution in [1.82, 2.24) is 5.16 Å². The average molecular weight is 334 g/mol. The van der Waals surface area contributed by atoms with E-state index in [0.717, 1.165) is 19.3 Å². The molecule has 0 atom stereocenters. The van der Waals surface area contributed by atoms with Gasteiger partial charge in [-0.2, -0.15) is 0 Å². The fourth-order valence-electron chi connectivity index (χ4n) is 2.57. The minimum absolute atomic E-state index is 0.311. The van der Waals surface area contributed by atoms with Crippen LogP contribution in [0.4, 0.5) is 5.82 Å². The Kier molecular flexibility index (Phi) is 4.76. The number of carbonyl (C=O) groups excluding carboxylic acids is 2. The van der Waals surface area contributed by atoms with E-state index in [1.807, 2.05) is 6.07 Å². The van der Waals surface area contributed by atoms with Crippen molar-refractivity contribution < 1.29 is 18.8 Å². The Labute approximate surface area is 137 Å². The first-order valence-electron chi connectivity index (χ1n) is 7.63. The maximum atomic E-state index is 12.1. The van der Waals surface area contributed by atoms with Gasteiger partial charge >= 0.3 is 5.97 Å². The molecule has 3 rings (SSSR count). The molecule has 0 aromatic carbocycles. The van der Waals surface area contributed by atoms with Crippen molar-refractivity contribution in [2.75, 3.05) is 11.9 Å². The van der Waals surface area contributed by atoms with Gasteiger partial charge in [0.25, 0.3) is 5.91 Å². The first-order chi connectivity index (χ1) is 11.1. The number of thiophene rings is 1. The van der Waals surface area contributed by atoms with Crippen LogP contribution < -0.4 is 5.32 Å². The zero-order chi connectivity index (χ0) is 16.2. The third kappa shape index (κ3) is 3.98. The largest absolute Gasteiger partial charge is 0.451 e. The molecule has 23 heavy (non-hydrogen) atoms. The lowest BCUT2D eigenvalue weighted by Crippen LogP contribution is -2.20. The molecule has 1 aliphatic rings. The molecule has 0 saturated carbocycles. The molecule has 1 amide bonds. The molecular weight excluding hydrogens is 316 g/mol. The number of nitrogens with one attached hydrogen (secondary N) is 1. The van der Waals surface area contributed by atoms with Gasteiger partial charge in [-0.05, 0) is 44.2 Å². The third-order valence-electron chi connectivity index (χ3n) is 3.68. The Morgan fingerprint density at radius 2 is 2.13 bits per heavy atom. The summed E-state index contributed by atoms with van der Waals surface area (Å²) in [6.45, 7) is 1.39. The highest BCUT2D eigenvalue weighted by molar-refractivity contribution is 7.14. The van der Waals surface area contributed by atoms with Crippen molar-refractivity contribution in [2.45, 2.75) is 39.0 Å². The summed E-state index contributed by atoms with van der Waals surface area (Å²) in [5.41, 5.74) is 1.25. The van der Waals surface area contributed by atoms with Gasteiger partial charge in [0.2, 0.25) is 0 Å². The fraction of sp³-hybridized carbons (Fsp3) is 0.438. The van der Waals surface area contributed by atoms with Crippen LogP contribution in [0, 0.1) is 6.92 Å². The summed E-state index contributed by atoms with van der Waals surface area (Å²) in [6, 6.07) is 3.50. The van der Waals surface area contributed by atoms with Crippen LogP contribution in [0.2, 0.25) is 0 Å². The lowest BCUT2D eigenvalue weighted by Gasteiger charge is -2.03. The summed E-state index contributed by atoms with van der Waals surface area (Å²) >= 11 is 1.48. The molecule has 2 heterocycles. The van der Waals surface area contributed by atoms with Crippen LogP contribution in [0.25, 0.3) is 0 Å². The van der Waals surface area contributed by atoms with E-state index in [1.54, 1.807) is 13.0 Å². The number of aryl methyl sites for hydroxylation is 3. The van der Waals surface area contributed by atoms with Gasteiger partial charge in [-0.25, -0.2) is 4.79 Å². The van der Waals surface area contributed by atoms with Crippen molar-refractivity contribution in [3.63, 3.8) is 0 Å². The van der Waals surface area contributed by atoms with E-state index in [0.29, 0.717) is 16.5 Å². The third-order valence-corrected chi connectivity index (χ3v) is 4.89. The SMILES string of the molecule is Cc1cc(NC(=O)COC(=O)c2cc3c(s2)CCCCC3)no1. The van der Waals surface area contributed by atoms with Crippen LogP contribution in [0.1, 0.15) is 45.1 Å². The van der Waals surface area contributed by atoms with Crippen LogP contribution in [-0.2, 0) is 22.4 Å². The molecule has 0 fully saturated rings. The minimum atomic E-state index is -0.449. The van der Waals surface area contributed by atoms with Gasteiger partial charge in [-0.3, -0.25) is 4.79 Å². The Bertz CT molecular complexity index is 696. The number of anilines is 1. The van der Waals surface area contributed by atoms with E-state index in [-0.39, 0.29) is 6.61 Å². The van der Waals surface area contributed by atoms with Gasteiger partial charge in [-0.15, -0.1) is 11.3 Å². The van der Waals surface area contributed by atoms with Crippen molar-refractivity contribution in [2.24, 2.45) is 0 Å².